The molecule has 0 bridgehead atoms. The number of rotatable bonds is 9. The number of hydrogen-bond acceptors (Lipinski definition) is 6. The zero-order valence-corrected chi connectivity index (χ0v) is 20.6. The molecule has 3 aromatic rings. The molecule has 1 fully saturated rings. The highest BCUT2D eigenvalue weighted by Crippen LogP contribution is 2.44. The Morgan fingerprint density at radius 3 is 2.24 bits per heavy atom. The molecule has 8 nitrogen and oxygen atoms in total. The maximum absolute atomic E-state index is 13.1. The van der Waals surface area contributed by atoms with Gasteiger partial charge in [0, 0.05) is 31.3 Å². The van der Waals surface area contributed by atoms with Crippen LogP contribution in [0.3, 0.4) is 0 Å². The molecule has 0 aliphatic heterocycles. The topological polar surface area (TPSA) is 107 Å². The zero-order valence-electron chi connectivity index (χ0n) is 20.6. The van der Waals surface area contributed by atoms with E-state index < -0.39 is 30.1 Å². The molecule has 2 amide bonds. The smallest absolute Gasteiger partial charge is 0.407 e. The molecule has 1 aromatic heterocycles. The van der Waals surface area contributed by atoms with Crippen LogP contribution in [0.15, 0.2) is 73.1 Å². The molecule has 2 N–H and O–H groups in total. The Morgan fingerprint density at radius 1 is 0.973 bits per heavy atom. The van der Waals surface area contributed by atoms with E-state index in [2.05, 4.69) is 27.8 Å². The lowest BCUT2D eigenvalue weighted by atomic mass is 9.98. The van der Waals surface area contributed by atoms with Crippen LogP contribution in [0.2, 0.25) is 0 Å². The number of fused-ring (bicyclic) bond motifs is 3. The summed E-state index contributed by atoms with van der Waals surface area (Å²) in [4.78, 5) is 42.0. The lowest BCUT2D eigenvalue weighted by Gasteiger charge is -2.27. The van der Waals surface area contributed by atoms with E-state index in [-0.39, 0.29) is 25.0 Å². The van der Waals surface area contributed by atoms with Crippen molar-refractivity contribution in [2.75, 3.05) is 6.61 Å². The van der Waals surface area contributed by atoms with Gasteiger partial charge in [-0.2, -0.15) is 0 Å². The first-order valence-electron chi connectivity index (χ1n) is 12.5. The van der Waals surface area contributed by atoms with Gasteiger partial charge in [-0.15, -0.1) is 0 Å². The van der Waals surface area contributed by atoms with Crippen LogP contribution in [0.5, 0.6) is 0 Å². The molecule has 2 atom stereocenters. The summed E-state index contributed by atoms with van der Waals surface area (Å²) in [7, 11) is 0. The highest BCUT2D eigenvalue weighted by atomic mass is 16.6. The molecule has 2 aliphatic carbocycles. The first-order chi connectivity index (χ1) is 18.0. The number of hydrogen-bond donors (Lipinski definition) is 2. The third kappa shape index (κ3) is 5.80. The van der Waals surface area contributed by atoms with Crippen molar-refractivity contribution in [3.05, 3.63) is 89.7 Å². The van der Waals surface area contributed by atoms with E-state index in [0.29, 0.717) is 0 Å². The number of nitrogens with one attached hydrogen (secondary N) is 2. The van der Waals surface area contributed by atoms with Gasteiger partial charge in [-0.3, -0.25) is 14.6 Å². The first-order valence-corrected chi connectivity index (χ1v) is 12.5. The average Bonchev–Trinajstić information content (AvgIpc) is 3.66. The second kappa shape index (κ2) is 10.8. The van der Waals surface area contributed by atoms with Crippen molar-refractivity contribution < 1.29 is 23.9 Å². The lowest BCUT2D eigenvalue weighted by molar-refractivity contribution is -0.155. The normalized spacial score (nSPS) is 15.6. The number of ether oxygens (including phenoxy) is 2. The maximum Gasteiger partial charge on any atom is 0.407 e. The molecule has 37 heavy (non-hydrogen) atoms. The Hall–Kier alpha value is -4.20. The number of carbonyl (C=O) groups is 3. The van der Waals surface area contributed by atoms with Gasteiger partial charge >= 0.3 is 12.1 Å². The van der Waals surface area contributed by atoms with E-state index in [4.69, 9.17) is 9.47 Å². The summed E-state index contributed by atoms with van der Waals surface area (Å²) < 4.78 is 11.1. The minimum atomic E-state index is -1.21. The van der Waals surface area contributed by atoms with Gasteiger partial charge in [-0.1, -0.05) is 54.6 Å². The minimum absolute atomic E-state index is 0.0686. The van der Waals surface area contributed by atoms with Gasteiger partial charge in [0.2, 0.25) is 6.10 Å². The van der Waals surface area contributed by atoms with E-state index in [1.807, 2.05) is 42.5 Å². The molecule has 5 rings (SSSR count). The molecule has 2 unspecified atom stereocenters. The average molecular weight is 500 g/mol. The maximum atomic E-state index is 13.1. The monoisotopic (exact) mass is 499 g/mol. The number of esters is 1. The SMILES string of the molecule is CC(=O)OC(C(=O)NC1CC1)C(Cc1cccnc1)NC(=O)OCC1c2ccccc2-c2ccccc21. The van der Waals surface area contributed by atoms with Crippen LogP contribution in [-0.2, 0) is 25.5 Å². The number of aromatic nitrogens is 1. The van der Waals surface area contributed by atoms with E-state index in [0.717, 1.165) is 40.7 Å². The second-order valence-electron chi connectivity index (χ2n) is 9.45. The van der Waals surface area contributed by atoms with E-state index in [9.17, 15) is 14.4 Å². The molecule has 8 heteroatoms. The number of amides is 2. The molecular weight excluding hydrogens is 470 g/mol. The van der Waals surface area contributed by atoms with E-state index in [1.54, 1.807) is 18.5 Å². The molecule has 190 valence electrons. The highest BCUT2D eigenvalue weighted by molar-refractivity contribution is 5.85. The summed E-state index contributed by atoms with van der Waals surface area (Å²) in [6.07, 6.45) is 3.38. The molecular formula is C29H29N3O5. The van der Waals surface area contributed by atoms with Crippen LogP contribution in [0.1, 0.15) is 42.4 Å². The van der Waals surface area contributed by atoms with Gasteiger partial charge in [0.25, 0.3) is 5.91 Å². The quantitative estimate of drug-likeness (QED) is 0.435. The van der Waals surface area contributed by atoms with E-state index >= 15 is 0 Å². The fraction of sp³-hybridized carbons (Fsp3) is 0.310. The van der Waals surface area contributed by atoms with Crippen molar-refractivity contribution in [1.82, 2.24) is 15.6 Å². The number of alkyl carbamates (subject to hydrolysis) is 1. The van der Waals surface area contributed by atoms with Gasteiger partial charge < -0.3 is 20.1 Å². The van der Waals surface area contributed by atoms with Gasteiger partial charge in [-0.05, 0) is 53.1 Å². The van der Waals surface area contributed by atoms with Gasteiger partial charge in [0.05, 0.1) is 6.04 Å². The largest absolute Gasteiger partial charge is 0.450 e. The Kier molecular flexibility index (Phi) is 7.16. The predicted molar refractivity (Wildman–Crippen MR) is 137 cm³/mol. The summed E-state index contributed by atoms with van der Waals surface area (Å²) in [5.74, 6) is -1.15. The summed E-state index contributed by atoms with van der Waals surface area (Å²) in [5, 5.41) is 5.66. The summed E-state index contributed by atoms with van der Waals surface area (Å²) in [6.45, 7) is 1.37. The molecule has 2 aliphatic rings. The zero-order chi connectivity index (χ0) is 25.8. The number of pyridine rings is 1. The summed E-state index contributed by atoms with van der Waals surface area (Å²) >= 11 is 0. The van der Waals surface area contributed by atoms with Crippen molar-refractivity contribution in [2.45, 2.75) is 50.3 Å². The van der Waals surface area contributed by atoms with Crippen LogP contribution in [0.25, 0.3) is 11.1 Å². The first kappa shape index (κ1) is 24.5. The number of benzene rings is 2. The van der Waals surface area contributed by atoms with Crippen molar-refractivity contribution in [3.63, 3.8) is 0 Å². The van der Waals surface area contributed by atoms with E-state index in [1.165, 1.54) is 6.92 Å². The Labute approximate surface area is 215 Å². The standard InChI is InChI=1S/C29H29N3O5/c1-18(33)37-27(28(34)31-20-12-13-20)26(15-19-7-6-14-30-16-19)32-29(35)36-17-25-23-10-4-2-8-21(23)22-9-3-5-11-24(22)25/h2-11,14,16,20,25-27H,12-13,15,17H2,1H3,(H,31,34)(H,32,35). The van der Waals surface area contributed by atoms with Gasteiger partial charge in [0.1, 0.15) is 6.61 Å². The second-order valence-corrected chi connectivity index (χ2v) is 9.45. The van der Waals surface area contributed by atoms with Gasteiger partial charge in [-0.25, -0.2) is 4.79 Å². The van der Waals surface area contributed by atoms with Crippen molar-refractivity contribution in [1.29, 1.82) is 0 Å². The van der Waals surface area contributed by atoms with Crippen LogP contribution >= 0.6 is 0 Å². The van der Waals surface area contributed by atoms with Crippen LogP contribution in [0.4, 0.5) is 4.79 Å². The molecule has 1 heterocycles. The summed E-state index contributed by atoms with van der Waals surface area (Å²) in [6, 6.07) is 19.0. The van der Waals surface area contributed by atoms with Gasteiger partial charge in [0.15, 0.2) is 0 Å². The highest BCUT2D eigenvalue weighted by Gasteiger charge is 2.36. The van der Waals surface area contributed by atoms with Crippen molar-refractivity contribution in [3.8, 4) is 11.1 Å². The Balaban J connectivity index is 1.32. The third-order valence-corrected chi connectivity index (χ3v) is 6.67. The van der Waals surface area contributed by atoms with Crippen molar-refractivity contribution in [2.24, 2.45) is 0 Å². The summed E-state index contributed by atoms with van der Waals surface area (Å²) in [5.41, 5.74) is 5.25. The lowest BCUT2D eigenvalue weighted by Crippen LogP contribution is -2.54. The fourth-order valence-electron chi connectivity index (χ4n) is 4.81. The Bertz CT molecular complexity index is 1250. The third-order valence-electron chi connectivity index (χ3n) is 6.67. The number of carbonyl (C=O) groups excluding carboxylic acids is 3. The van der Waals surface area contributed by atoms with Crippen LogP contribution < -0.4 is 10.6 Å². The van der Waals surface area contributed by atoms with Crippen molar-refractivity contribution >= 4 is 18.0 Å². The molecule has 1 saturated carbocycles. The molecule has 0 saturated heterocycles. The predicted octanol–water partition coefficient (Wildman–Crippen LogP) is 3.74. The number of nitrogens with zero attached hydrogens (tertiary/aromatic N) is 1. The van der Waals surface area contributed by atoms with Crippen LogP contribution in [0, 0.1) is 0 Å². The molecule has 0 radical (unpaired) electrons. The van der Waals surface area contributed by atoms with Crippen LogP contribution in [-0.4, -0.2) is 47.7 Å². The minimum Gasteiger partial charge on any atom is -0.450 e. The Morgan fingerprint density at radius 2 is 1.65 bits per heavy atom. The molecule has 2 aromatic carbocycles. The fourth-order valence-corrected chi connectivity index (χ4v) is 4.81. The molecule has 0 spiro atoms.